The van der Waals surface area contributed by atoms with Gasteiger partial charge >= 0.3 is 0 Å². The maximum absolute atomic E-state index is 5.77. The second-order valence-electron chi connectivity index (χ2n) is 6.40. The average molecular weight is 357 g/mol. The van der Waals surface area contributed by atoms with Crippen LogP contribution in [-0.2, 0) is 6.42 Å². The maximum Gasteiger partial charge on any atom is 0.173 e. The summed E-state index contributed by atoms with van der Waals surface area (Å²) in [5, 5.41) is 4.20. The zero-order valence-electron chi connectivity index (χ0n) is 15.6. The van der Waals surface area contributed by atoms with E-state index < -0.39 is 0 Å². The third-order valence-corrected chi connectivity index (χ3v) is 4.66. The smallest absolute Gasteiger partial charge is 0.173 e. The highest BCUT2D eigenvalue weighted by Gasteiger charge is 2.19. The van der Waals surface area contributed by atoms with Gasteiger partial charge in [-0.3, -0.25) is 4.98 Å². The second kappa shape index (κ2) is 9.49. The molecular weight excluding hydrogens is 328 g/mol. The Morgan fingerprint density at radius 1 is 1.16 bits per heavy atom. The lowest BCUT2D eigenvalue weighted by molar-refractivity contribution is 0.289. The summed E-state index contributed by atoms with van der Waals surface area (Å²) in [6.07, 6.45) is 4.69. The van der Waals surface area contributed by atoms with Crippen molar-refractivity contribution in [3.05, 3.63) is 59.9 Å². The van der Waals surface area contributed by atoms with Crippen molar-refractivity contribution in [3.63, 3.8) is 0 Å². The van der Waals surface area contributed by atoms with Gasteiger partial charge in [-0.05, 0) is 62.9 Å². The van der Waals surface area contributed by atoms with E-state index in [-0.39, 0.29) is 6.04 Å². The van der Waals surface area contributed by atoms with Gasteiger partial charge in [-0.25, -0.2) is 0 Å². The largest absolute Gasteiger partial charge is 0.341 e. The molecule has 0 amide bonds. The molecule has 1 aromatic heterocycles. The molecule has 1 aromatic carbocycles. The van der Waals surface area contributed by atoms with Gasteiger partial charge in [-0.2, -0.15) is 0 Å². The van der Waals surface area contributed by atoms with Gasteiger partial charge in [0.1, 0.15) is 0 Å². The van der Waals surface area contributed by atoms with Crippen LogP contribution in [-0.4, -0.2) is 47.1 Å². The van der Waals surface area contributed by atoms with E-state index in [2.05, 4.69) is 72.3 Å². The van der Waals surface area contributed by atoms with E-state index in [9.17, 15) is 0 Å². The molecule has 0 saturated carbocycles. The topological polar surface area (TPSA) is 31.4 Å². The van der Waals surface area contributed by atoms with Gasteiger partial charge < -0.3 is 15.1 Å². The van der Waals surface area contributed by atoms with Crippen LogP contribution in [0.25, 0.3) is 0 Å². The fraction of sp³-hybridized carbons (Fsp3) is 0.400. The van der Waals surface area contributed by atoms with Crippen LogP contribution in [0.15, 0.2) is 48.8 Å². The molecule has 25 heavy (non-hydrogen) atoms. The van der Waals surface area contributed by atoms with E-state index in [1.165, 1.54) is 5.56 Å². The number of nitrogens with one attached hydrogen (secondary N) is 1. The number of benzene rings is 1. The third-order valence-electron chi connectivity index (χ3n) is 4.32. The number of thiocarbonyl (C=S) groups is 1. The molecule has 0 spiro atoms. The Hall–Kier alpha value is -1.98. The molecule has 1 atom stereocenters. The van der Waals surface area contributed by atoms with Gasteiger partial charge in [0.05, 0.1) is 6.04 Å². The van der Waals surface area contributed by atoms with E-state index in [1.54, 1.807) is 6.20 Å². The minimum absolute atomic E-state index is 0.155. The summed E-state index contributed by atoms with van der Waals surface area (Å²) < 4.78 is 0. The summed E-state index contributed by atoms with van der Waals surface area (Å²) in [5.41, 5.74) is 3.52. The van der Waals surface area contributed by atoms with E-state index in [1.807, 2.05) is 18.3 Å². The molecule has 0 saturated heterocycles. The first kappa shape index (κ1) is 19.3. The Labute approximate surface area is 156 Å². The van der Waals surface area contributed by atoms with Gasteiger partial charge in [0.25, 0.3) is 0 Å². The molecule has 2 aromatic rings. The highest BCUT2D eigenvalue weighted by Crippen LogP contribution is 2.22. The number of nitrogens with zero attached hydrogens (tertiary/aromatic N) is 3. The van der Waals surface area contributed by atoms with Gasteiger partial charge in [-0.15, -0.1) is 0 Å². The number of pyridine rings is 1. The second-order valence-corrected chi connectivity index (χ2v) is 6.79. The van der Waals surface area contributed by atoms with Crippen LogP contribution in [0, 0.1) is 0 Å². The summed E-state index contributed by atoms with van der Waals surface area (Å²) >= 11 is 5.77. The lowest BCUT2D eigenvalue weighted by Gasteiger charge is -2.33. The normalized spacial score (nSPS) is 12.0. The average Bonchev–Trinajstić information content (AvgIpc) is 2.62. The minimum atomic E-state index is 0.155. The molecular formula is C20H28N4S. The van der Waals surface area contributed by atoms with Crippen LogP contribution in [0.2, 0.25) is 0 Å². The van der Waals surface area contributed by atoms with Crippen LogP contribution < -0.4 is 5.32 Å². The molecule has 5 heteroatoms. The highest BCUT2D eigenvalue weighted by atomic mass is 32.1. The molecule has 4 nitrogen and oxygen atoms in total. The number of para-hydroxylation sites is 1. The summed E-state index contributed by atoms with van der Waals surface area (Å²) in [6.45, 7) is 6.11. The minimum Gasteiger partial charge on any atom is -0.341 e. The Kier molecular flexibility index (Phi) is 7.34. The summed E-state index contributed by atoms with van der Waals surface area (Å²) in [5.74, 6) is 0. The molecule has 0 bridgehead atoms. The monoisotopic (exact) mass is 356 g/mol. The van der Waals surface area contributed by atoms with E-state index in [0.29, 0.717) is 0 Å². The zero-order chi connectivity index (χ0) is 18.2. The molecule has 2 rings (SSSR count). The molecule has 0 unspecified atom stereocenters. The van der Waals surface area contributed by atoms with Gasteiger partial charge in [0.15, 0.2) is 5.11 Å². The van der Waals surface area contributed by atoms with Crippen LogP contribution in [0.5, 0.6) is 0 Å². The van der Waals surface area contributed by atoms with Crippen molar-refractivity contribution in [1.29, 1.82) is 0 Å². The zero-order valence-corrected chi connectivity index (χ0v) is 16.4. The lowest BCUT2D eigenvalue weighted by Crippen LogP contribution is -2.41. The first-order chi connectivity index (χ1) is 12.0. The van der Waals surface area contributed by atoms with E-state index >= 15 is 0 Å². The van der Waals surface area contributed by atoms with Gasteiger partial charge in [0, 0.05) is 31.2 Å². The molecule has 0 aliphatic carbocycles. The number of aryl methyl sites for hydroxylation is 1. The quantitative estimate of drug-likeness (QED) is 0.759. The highest BCUT2D eigenvalue weighted by molar-refractivity contribution is 7.80. The summed E-state index contributed by atoms with van der Waals surface area (Å²) in [7, 11) is 4.16. The van der Waals surface area contributed by atoms with Gasteiger partial charge in [-0.1, -0.05) is 31.2 Å². The molecule has 134 valence electrons. The van der Waals surface area contributed by atoms with Crippen molar-refractivity contribution >= 4 is 23.0 Å². The van der Waals surface area contributed by atoms with Crippen molar-refractivity contribution in [3.8, 4) is 0 Å². The number of aromatic nitrogens is 1. The summed E-state index contributed by atoms with van der Waals surface area (Å²) in [6, 6.07) is 12.6. The number of hydrogen-bond acceptors (Lipinski definition) is 3. The van der Waals surface area contributed by atoms with Crippen molar-refractivity contribution in [1.82, 2.24) is 14.8 Å². The van der Waals surface area contributed by atoms with E-state index in [4.69, 9.17) is 12.2 Å². The number of rotatable bonds is 7. The van der Waals surface area contributed by atoms with Crippen molar-refractivity contribution < 1.29 is 0 Å². The molecule has 0 radical (unpaired) electrons. The molecule has 0 fully saturated rings. The Balaban J connectivity index is 2.20. The SMILES string of the molecule is CCc1ccccc1NC(=S)N(CCN(C)C)[C@H](C)c1cccnc1. The molecule has 0 aliphatic heterocycles. The Bertz CT molecular complexity index is 672. The van der Waals surface area contributed by atoms with Crippen LogP contribution in [0.4, 0.5) is 5.69 Å². The van der Waals surface area contributed by atoms with E-state index in [0.717, 1.165) is 35.9 Å². The number of hydrogen-bond donors (Lipinski definition) is 1. The lowest BCUT2D eigenvalue weighted by atomic mass is 10.1. The molecule has 1 N–H and O–H groups in total. The predicted octanol–water partition coefficient (Wildman–Crippen LogP) is 3.97. The Morgan fingerprint density at radius 2 is 1.92 bits per heavy atom. The maximum atomic E-state index is 5.77. The van der Waals surface area contributed by atoms with Crippen LogP contribution in [0.1, 0.15) is 31.0 Å². The molecule has 1 heterocycles. The van der Waals surface area contributed by atoms with Crippen LogP contribution >= 0.6 is 12.2 Å². The van der Waals surface area contributed by atoms with Crippen molar-refractivity contribution in [2.75, 3.05) is 32.5 Å². The number of likely N-dealkylation sites (N-methyl/N-ethyl adjacent to an activating group) is 1. The van der Waals surface area contributed by atoms with Crippen LogP contribution in [0.3, 0.4) is 0 Å². The summed E-state index contributed by atoms with van der Waals surface area (Å²) in [4.78, 5) is 8.66. The van der Waals surface area contributed by atoms with Gasteiger partial charge in [0.2, 0.25) is 0 Å². The first-order valence-corrected chi connectivity index (χ1v) is 9.14. The number of anilines is 1. The fourth-order valence-electron chi connectivity index (χ4n) is 2.72. The third kappa shape index (κ3) is 5.51. The van der Waals surface area contributed by atoms with Crippen molar-refractivity contribution in [2.24, 2.45) is 0 Å². The molecule has 0 aliphatic rings. The van der Waals surface area contributed by atoms with Crippen molar-refractivity contribution in [2.45, 2.75) is 26.3 Å². The predicted molar refractivity (Wildman–Crippen MR) is 110 cm³/mol. The fourth-order valence-corrected chi connectivity index (χ4v) is 3.08. The standard InChI is InChI=1S/C20H28N4S/c1-5-17-9-6-7-11-19(17)22-20(25)24(14-13-23(3)4)16(2)18-10-8-12-21-15-18/h6-12,15-16H,5,13-14H2,1-4H3,(H,22,25)/t16-/m1/s1. The first-order valence-electron chi connectivity index (χ1n) is 8.73. The Morgan fingerprint density at radius 3 is 2.56 bits per heavy atom.